The summed E-state index contributed by atoms with van der Waals surface area (Å²) in [4.78, 5) is 11.6. The van der Waals surface area contributed by atoms with Crippen LogP contribution < -0.4 is 0 Å². The summed E-state index contributed by atoms with van der Waals surface area (Å²) in [5.41, 5.74) is 2.36. The summed E-state index contributed by atoms with van der Waals surface area (Å²) in [6.45, 7) is 7.00. The normalized spacial score (nSPS) is 14.9. The van der Waals surface area contributed by atoms with Gasteiger partial charge in [0.1, 0.15) is 5.56 Å². The second-order valence-electron chi connectivity index (χ2n) is 3.56. The third-order valence-electron chi connectivity index (χ3n) is 2.52. The molecule has 0 aromatic carbocycles. The molecule has 15 heavy (non-hydrogen) atoms. The Hall–Kier alpha value is -1.58. The highest BCUT2D eigenvalue weighted by atomic mass is 16.5. The maximum Gasteiger partial charge on any atom is 0.341 e. The number of allylic oxidation sites excluding steroid dienone is 1. The van der Waals surface area contributed by atoms with Crippen LogP contribution >= 0.6 is 0 Å². The number of esters is 1. The number of carbonyl (C=O) groups is 1. The maximum atomic E-state index is 11.6. The lowest BCUT2D eigenvalue weighted by Crippen LogP contribution is -2.13. The van der Waals surface area contributed by atoms with Crippen molar-refractivity contribution in [2.45, 2.75) is 26.3 Å². The van der Waals surface area contributed by atoms with Crippen LogP contribution in [0.2, 0.25) is 0 Å². The van der Waals surface area contributed by atoms with Crippen molar-refractivity contribution in [1.82, 2.24) is 9.78 Å². The Labute approximate surface area is 88.5 Å². The van der Waals surface area contributed by atoms with E-state index in [9.17, 15) is 4.79 Å². The molecule has 0 fully saturated rings. The van der Waals surface area contributed by atoms with E-state index < -0.39 is 0 Å². The third kappa shape index (κ3) is 1.67. The molecular weight excluding hydrogens is 192 g/mol. The first-order chi connectivity index (χ1) is 7.24. The summed E-state index contributed by atoms with van der Waals surface area (Å²) < 4.78 is 6.80. The Morgan fingerprint density at radius 3 is 3.27 bits per heavy atom. The molecule has 80 valence electrons. The number of carbonyl (C=O) groups excluding carboxylic acids is 1. The predicted molar refractivity (Wildman–Crippen MR) is 56.5 cm³/mol. The van der Waals surface area contributed by atoms with Gasteiger partial charge in [-0.2, -0.15) is 5.10 Å². The molecule has 4 nitrogen and oxygen atoms in total. The second kappa shape index (κ2) is 3.88. The van der Waals surface area contributed by atoms with Crippen molar-refractivity contribution < 1.29 is 9.53 Å². The van der Waals surface area contributed by atoms with E-state index >= 15 is 0 Å². The van der Waals surface area contributed by atoms with E-state index in [1.807, 2.05) is 4.68 Å². The van der Waals surface area contributed by atoms with Gasteiger partial charge >= 0.3 is 5.97 Å². The van der Waals surface area contributed by atoms with Crippen LogP contribution in [0.3, 0.4) is 0 Å². The van der Waals surface area contributed by atoms with Crippen molar-refractivity contribution in [2.24, 2.45) is 0 Å². The first-order valence-electron chi connectivity index (χ1n) is 5.15. The molecule has 1 aliphatic rings. The van der Waals surface area contributed by atoms with Gasteiger partial charge in [0.05, 0.1) is 18.5 Å². The molecule has 0 unspecified atom stereocenters. The highest BCUT2D eigenvalue weighted by Crippen LogP contribution is 2.27. The SMILES string of the molecule is C=C1CCCn2ncc(C(=O)OCC)c21. The zero-order chi connectivity index (χ0) is 10.8. The molecule has 0 atom stereocenters. The lowest BCUT2D eigenvalue weighted by molar-refractivity contribution is 0.0525. The first-order valence-corrected chi connectivity index (χ1v) is 5.15. The van der Waals surface area contributed by atoms with Gasteiger partial charge < -0.3 is 4.74 Å². The molecule has 1 aromatic rings. The highest BCUT2D eigenvalue weighted by Gasteiger charge is 2.22. The number of hydrogen-bond acceptors (Lipinski definition) is 3. The molecular formula is C11H14N2O2. The molecule has 0 spiro atoms. The zero-order valence-corrected chi connectivity index (χ0v) is 8.82. The van der Waals surface area contributed by atoms with E-state index in [1.165, 1.54) is 0 Å². The summed E-state index contributed by atoms with van der Waals surface area (Å²) in [5, 5.41) is 4.17. The summed E-state index contributed by atoms with van der Waals surface area (Å²) in [6, 6.07) is 0. The molecule has 2 heterocycles. The van der Waals surface area contributed by atoms with Crippen LogP contribution in [0.25, 0.3) is 5.57 Å². The molecule has 0 saturated heterocycles. The fourth-order valence-corrected chi connectivity index (χ4v) is 1.85. The minimum absolute atomic E-state index is 0.304. The molecule has 0 saturated carbocycles. The number of nitrogens with zero attached hydrogens (tertiary/aromatic N) is 2. The van der Waals surface area contributed by atoms with Crippen LogP contribution in [-0.4, -0.2) is 22.4 Å². The molecule has 0 amide bonds. The van der Waals surface area contributed by atoms with E-state index in [4.69, 9.17) is 4.74 Å². The third-order valence-corrected chi connectivity index (χ3v) is 2.52. The van der Waals surface area contributed by atoms with Crippen LogP contribution in [0.5, 0.6) is 0 Å². The molecule has 0 N–H and O–H groups in total. The number of hydrogen-bond donors (Lipinski definition) is 0. The number of ether oxygens (including phenoxy) is 1. The van der Waals surface area contributed by atoms with Crippen molar-refractivity contribution >= 4 is 11.5 Å². The van der Waals surface area contributed by atoms with Crippen LogP contribution in [-0.2, 0) is 11.3 Å². The largest absolute Gasteiger partial charge is 0.462 e. The standard InChI is InChI=1S/C11H14N2O2/c1-3-15-11(14)9-7-12-13-6-4-5-8(2)10(9)13/h7H,2-6H2,1H3. The number of rotatable bonds is 2. The van der Waals surface area contributed by atoms with Gasteiger partial charge in [-0.3, -0.25) is 4.68 Å². The van der Waals surface area contributed by atoms with Gasteiger partial charge in [-0.15, -0.1) is 0 Å². The molecule has 0 aliphatic carbocycles. The van der Waals surface area contributed by atoms with Gasteiger partial charge in [0.2, 0.25) is 0 Å². The van der Waals surface area contributed by atoms with Gasteiger partial charge in [-0.25, -0.2) is 4.79 Å². The lowest BCUT2D eigenvalue weighted by Gasteiger charge is -2.16. The van der Waals surface area contributed by atoms with Crippen molar-refractivity contribution in [3.05, 3.63) is 24.0 Å². The number of aryl methyl sites for hydroxylation is 1. The van der Waals surface area contributed by atoms with E-state index in [-0.39, 0.29) is 5.97 Å². The van der Waals surface area contributed by atoms with Crippen molar-refractivity contribution in [3.8, 4) is 0 Å². The predicted octanol–water partition coefficient (Wildman–Crippen LogP) is 1.87. The maximum absolute atomic E-state index is 11.6. The first kappa shape index (κ1) is 9.96. The summed E-state index contributed by atoms with van der Waals surface area (Å²) in [5.74, 6) is -0.304. The van der Waals surface area contributed by atoms with Gasteiger partial charge in [0, 0.05) is 6.54 Å². The van der Waals surface area contributed by atoms with Crippen molar-refractivity contribution in [2.75, 3.05) is 6.61 Å². The quantitative estimate of drug-likeness (QED) is 0.694. The summed E-state index contributed by atoms with van der Waals surface area (Å²) in [6.07, 6.45) is 3.54. The van der Waals surface area contributed by atoms with Crippen LogP contribution in [0.4, 0.5) is 0 Å². The number of fused-ring (bicyclic) bond motifs is 1. The highest BCUT2D eigenvalue weighted by molar-refractivity contribution is 5.94. The van der Waals surface area contributed by atoms with Crippen LogP contribution in [0.1, 0.15) is 35.8 Å². The Morgan fingerprint density at radius 2 is 2.53 bits per heavy atom. The average molecular weight is 206 g/mol. The molecule has 1 aromatic heterocycles. The Balaban J connectivity index is 2.37. The van der Waals surface area contributed by atoms with E-state index in [1.54, 1.807) is 13.1 Å². The second-order valence-corrected chi connectivity index (χ2v) is 3.56. The van der Waals surface area contributed by atoms with Crippen molar-refractivity contribution in [3.63, 3.8) is 0 Å². The van der Waals surface area contributed by atoms with Gasteiger partial charge in [0.15, 0.2) is 0 Å². The molecule has 4 heteroatoms. The van der Waals surface area contributed by atoms with E-state index in [2.05, 4.69) is 11.7 Å². The fraction of sp³-hybridized carbons (Fsp3) is 0.455. The van der Waals surface area contributed by atoms with Gasteiger partial charge in [0.25, 0.3) is 0 Å². The molecule has 1 aliphatic heterocycles. The lowest BCUT2D eigenvalue weighted by atomic mass is 10.0. The zero-order valence-electron chi connectivity index (χ0n) is 8.82. The van der Waals surface area contributed by atoms with E-state index in [0.29, 0.717) is 12.2 Å². The summed E-state index contributed by atoms with van der Waals surface area (Å²) >= 11 is 0. The fourth-order valence-electron chi connectivity index (χ4n) is 1.85. The molecule has 0 radical (unpaired) electrons. The Bertz CT molecular complexity index is 407. The molecule has 2 rings (SSSR count). The topological polar surface area (TPSA) is 44.1 Å². The Kier molecular flexibility index (Phi) is 2.58. The molecule has 0 bridgehead atoms. The van der Waals surface area contributed by atoms with Crippen LogP contribution in [0.15, 0.2) is 12.8 Å². The van der Waals surface area contributed by atoms with Gasteiger partial charge in [-0.05, 0) is 25.3 Å². The van der Waals surface area contributed by atoms with Gasteiger partial charge in [-0.1, -0.05) is 6.58 Å². The van der Waals surface area contributed by atoms with E-state index in [0.717, 1.165) is 30.7 Å². The number of aromatic nitrogens is 2. The minimum Gasteiger partial charge on any atom is -0.462 e. The Morgan fingerprint density at radius 1 is 1.73 bits per heavy atom. The average Bonchev–Trinajstić information content (AvgIpc) is 2.63. The van der Waals surface area contributed by atoms with Crippen molar-refractivity contribution in [1.29, 1.82) is 0 Å². The minimum atomic E-state index is -0.304. The monoisotopic (exact) mass is 206 g/mol. The smallest absolute Gasteiger partial charge is 0.341 e. The van der Waals surface area contributed by atoms with Crippen LogP contribution in [0, 0.1) is 0 Å². The summed E-state index contributed by atoms with van der Waals surface area (Å²) in [7, 11) is 0.